The van der Waals surface area contributed by atoms with Crippen LogP contribution in [0.1, 0.15) is 10.4 Å². The molecule has 1 N–H and O–H groups in total. The van der Waals surface area contributed by atoms with Crippen molar-refractivity contribution in [2.24, 2.45) is 0 Å². The maximum atomic E-state index is 12.1. The zero-order valence-electron chi connectivity index (χ0n) is 4.97. The fourth-order valence-electron chi connectivity index (χ4n) is 0.539. The zero-order chi connectivity index (χ0) is 7.56. The smallest absolute Gasteiger partial charge is 0.335 e. The summed E-state index contributed by atoms with van der Waals surface area (Å²) in [5, 5.41) is 8.33. The third kappa shape index (κ3) is 1.31. The highest BCUT2D eigenvalue weighted by atomic mass is 19.1. The second kappa shape index (κ2) is 2.47. The monoisotopic (exact) mass is 139 g/mol. The Morgan fingerprint density at radius 1 is 1.60 bits per heavy atom. The van der Waals surface area contributed by atoms with E-state index >= 15 is 0 Å². The Morgan fingerprint density at radius 3 is 2.70 bits per heavy atom. The number of rotatable bonds is 1. The number of hydrogen-bond acceptors (Lipinski definition) is 1. The van der Waals surface area contributed by atoms with Gasteiger partial charge in [0.2, 0.25) is 0 Å². The van der Waals surface area contributed by atoms with Gasteiger partial charge in [-0.1, -0.05) is 0 Å². The Bertz CT molecular complexity index is 240. The second-order valence-corrected chi connectivity index (χ2v) is 1.73. The average molecular weight is 139 g/mol. The summed E-state index contributed by atoms with van der Waals surface area (Å²) in [5.74, 6) is -1.62. The SMILES string of the molecule is O=C(O)c1c[c]c(F)cc1. The maximum absolute atomic E-state index is 12.1. The van der Waals surface area contributed by atoms with Crippen molar-refractivity contribution >= 4 is 5.97 Å². The van der Waals surface area contributed by atoms with Crippen LogP contribution in [0.5, 0.6) is 0 Å². The lowest BCUT2D eigenvalue weighted by atomic mass is 10.2. The predicted molar refractivity (Wildman–Crippen MR) is 32.2 cm³/mol. The van der Waals surface area contributed by atoms with Crippen molar-refractivity contribution in [3.63, 3.8) is 0 Å². The first-order valence-electron chi connectivity index (χ1n) is 2.60. The molecule has 0 atom stereocenters. The Balaban J connectivity index is 3.00. The van der Waals surface area contributed by atoms with Crippen LogP contribution in [0.25, 0.3) is 0 Å². The Hall–Kier alpha value is -1.38. The molecule has 0 saturated heterocycles. The molecule has 2 nitrogen and oxygen atoms in total. The number of benzene rings is 1. The summed E-state index contributed by atoms with van der Waals surface area (Å²) in [6.07, 6.45) is 0. The molecular weight excluding hydrogens is 135 g/mol. The topological polar surface area (TPSA) is 37.3 Å². The van der Waals surface area contributed by atoms with E-state index in [0.717, 1.165) is 12.1 Å². The number of carbonyl (C=O) groups is 1. The standard InChI is InChI=1S/C7H4FO2/c8-6-3-1-5(2-4-6)7(9)10/h1-3H,(H,9,10). The molecule has 1 rings (SSSR count). The van der Waals surface area contributed by atoms with Gasteiger partial charge in [-0.25, -0.2) is 9.18 Å². The van der Waals surface area contributed by atoms with Gasteiger partial charge in [0, 0.05) is 6.07 Å². The molecule has 0 aliphatic rings. The van der Waals surface area contributed by atoms with Crippen LogP contribution in [0.4, 0.5) is 4.39 Å². The minimum absolute atomic E-state index is 0.0430. The van der Waals surface area contributed by atoms with E-state index in [1.165, 1.54) is 6.07 Å². The summed E-state index contributed by atoms with van der Waals surface area (Å²) in [6.45, 7) is 0. The van der Waals surface area contributed by atoms with Gasteiger partial charge in [0.15, 0.2) is 0 Å². The van der Waals surface area contributed by atoms with Gasteiger partial charge in [0.1, 0.15) is 5.82 Å². The molecule has 3 heteroatoms. The molecule has 0 aliphatic heterocycles. The van der Waals surface area contributed by atoms with Gasteiger partial charge in [-0.3, -0.25) is 0 Å². The molecule has 0 fully saturated rings. The summed E-state index contributed by atoms with van der Waals surface area (Å²) in [5.41, 5.74) is 0.0430. The summed E-state index contributed by atoms with van der Waals surface area (Å²) >= 11 is 0. The maximum Gasteiger partial charge on any atom is 0.335 e. The third-order valence-corrected chi connectivity index (χ3v) is 1.02. The molecule has 1 aromatic rings. The molecule has 0 saturated carbocycles. The number of carboxylic acid groups (broad SMARTS) is 1. The van der Waals surface area contributed by atoms with Gasteiger partial charge < -0.3 is 5.11 Å². The largest absolute Gasteiger partial charge is 0.478 e. The van der Waals surface area contributed by atoms with Crippen LogP contribution in [0.3, 0.4) is 0 Å². The molecule has 0 spiro atoms. The van der Waals surface area contributed by atoms with Gasteiger partial charge in [-0.2, -0.15) is 0 Å². The second-order valence-electron chi connectivity index (χ2n) is 1.73. The lowest BCUT2D eigenvalue weighted by Crippen LogP contribution is -1.94. The summed E-state index contributed by atoms with van der Waals surface area (Å²) in [7, 11) is 0. The molecule has 0 aliphatic carbocycles. The van der Waals surface area contributed by atoms with Crippen LogP contribution in [-0.2, 0) is 0 Å². The van der Waals surface area contributed by atoms with E-state index in [4.69, 9.17) is 5.11 Å². The number of halogens is 1. The average Bonchev–Trinajstić information content (AvgIpc) is 1.88. The molecular formula is C7H4FO2. The van der Waals surface area contributed by atoms with E-state index in [-0.39, 0.29) is 5.56 Å². The van der Waals surface area contributed by atoms with Crippen LogP contribution < -0.4 is 0 Å². The van der Waals surface area contributed by atoms with Gasteiger partial charge in [-0.15, -0.1) is 0 Å². The fraction of sp³-hybridized carbons (Fsp3) is 0. The molecule has 0 aromatic heterocycles. The lowest BCUT2D eigenvalue weighted by molar-refractivity contribution is 0.0697. The molecule has 1 radical (unpaired) electrons. The van der Waals surface area contributed by atoms with E-state index in [2.05, 4.69) is 6.07 Å². The molecule has 10 heavy (non-hydrogen) atoms. The summed E-state index contributed by atoms with van der Waals surface area (Å²) in [4.78, 5) is 10.2. The molecule has 0 amide bonds. The lowest BCUT2D eigenvalue weighted by Gasteiger charge is -1.90. The minimum Gasteiger partial charge on any atom is -0.478 e. The van der Waals surface area contributed by atoms with Crippen molar-refractivity contribution in [3.05, 3.63) is 35.6 Å². The molecule has 0 bridgehead atoms. The fourth-order valence-corrected chi connectivity index (χ4v) is 0.539. The molecule has 1 aromatic carbocycles. The van der Waals surface area contributed by atoms with Gasteiger partial charge in [0.25, 0.3) is 0 Å². The van der Waals surface area contributed by atoms with E-state index < -0.39 is 11.8 Å². The van der Waals surface area contributed by atoms with Crippen LogP contribution in [0.2, 0.25) is 0 Å². The highest BCUT2D eigenvalue weighted by Crippen LogP contribution is 2.00. The summed E-state index contributed by atoms with van der Waals surface area (Å²) < 4.78 is 12.1. The van der Waals surface area contributed by atoms with Crippen LogP contribution in [0.15, 0.2) is 18.2 Å². The number of hydrogen-bond donors (Lipinski definition) is 1. The quantitative estimate of drug-likeness (QED) is 0.637. The van der Waals surface area contributed by atoms with Crippen molar-refractivity contribution in [3.8, 4) is 0 Å². The highest BCUT2D eigenvalue weighted by Gasteiger charge is 2.00. The van der Waals surface area contributed by atoms with Crippen LogP contribution >= 0.6 is 0 Å². The molecule has 0 unspecified atom stereocenters. The van der Waals surface area contributed by atoms with Crippen molar-refractivity contribution in [2.45, 2.75) is 0 Å². The van der Waals surface area contributed by atoms with Gasteiger partial charge in [-0.05, 0) is 18.2 Å². The Kier molecular flexibility index (Phi) is 1.67. The highest BCUT2D eigenvalue weighted by molar-refractivity contribution is 5.87. The van der Waals surface area contributed by atoms with Gasteiger partial charge >= 0.3 is 5.97 Å². The van der Waals surface area contributed by atoms with E-state index in [9.17, 15) is 9.18 Å². The van der Waals surface area contributed by atoms with Crippen LogP contribution in [-0.4, -0.2) is 11.1 Å². The van der Waals surface area contributed by atoms with E-state index in [0.29, 0.717) is 0 Å². The minimum atomic E-state index is -1.07. The van der Waals surface area contributed by atoms with Crippen molar-refractivity contribution in [1.82, 2.24) is 0 Å². The van der Waals surface area contributed by atoms with E-state index in [1.54, 1.807) is 0 Å². The van der Waals surface area contributed by atoms with Gasteiger partial charge in [0.05, 0.1) is 5.56 Å². The predicted octanol–water partition coefficient (Wildman–Crippen LogP) is 1.32. The summed E-state index contributed by atoms with van der Waals surface area (Å²) in [6, 6.07) is 5.48. The van der Waals surface area contributed by atoms with Crippen molar-refractivity contribution < 1.29 is 14.3 Å². The van der Waals surface area contributed by atoms with Crippen LogP contribution in [0, 0.1) is 11.9 Å². The third-order valence-electron chi connectivity index (χ3n) is 1.02. The number of carboxylic acids is 1. The first-order chi connectivity index (χ1) is 4.70. The Labute approximate surface area is 56.9 Å². The first kappa shape index (κ1) is 6.74. The van der Waals surface area contributed by atoms with Crippen molar-refractivity contribution in [1.29, 1.82) is 0 Å². The van der Waals surface area contributed by atoms with Crippen molar-refractivity contribution in [2.75, 3.05) is 0 Å². The normalized spacial score (nSPS) is 9.30. The Morgan fingerprint density at radius 2 is 2.30 bits per heavy atom. The van der Waals surface area contributed by atoms with E-state index in [1.807, 2.05) is 0 Å². The zero-order valence-corrected chi connectivity index (χ0v) is 4.97. The first-order valence-corrected chi connectivity index (χ1v) is 2.60. The molecule has 51 valence electrons. The number of aromatic carboxylic acids is 1. The molecule has 0 heterocycles.